The number of rotatable bonds is 6. The Hall–Kier alpha value is -1.18. The molecule has 1 heterocycles. The van der Waals surface area contributed by atoms with E-state index < -0.39 is 15.5 Å². The fourth-order valence-electron chi connectivity index (χ4n) is 3.97. The lowest BCUT2D eigenvalue weighted by molar-refractivity contribution is 0.182. The monoisotopic (exact) mass is 420 g/mol. The Balaban J connectivity index is 1.47. The Morgan fingerprint density at radius 1 is 1.28 bits per heavy atom. The van der Waals surface area contributed by atoms with E-state index in [9.17, 15) is 4.55 Å². The lowest BCUT2D eigenvalue weighted by Crippen LogP contribution is -2.46. The quantitative estimate of drug-likeness (QED) is 0.590. The molecule has 0 radical (unpaired) electrons. The lowest BCUT2D eigenvalue weighted by Gasteiger charge is -2.45. The van der Waals surface area contributed by atoms with E-state index in [-0.39, 0.29) is 11.5 Å². The number of hydrogen-bond acceptors (Lipinski definition) is 4. The van der Waals surface area contributed by atoms with E-state index in [1.807, 2.05) is 39.1 Å². The molecule has 2 atom stereocenters. The zero-order valence-corrected chi connectivity index (χ0v) is 19.1. The van der Waals surface area contributed by atoms with Gasteiger partial charge in [-0.05, 0) is 86.8 Å². The van der Waals surface area contributed by atoms with Crippen LogP contribution in [0.5, 0.6) is 0 Å². The van der Waals surface area contributed by atoms with Crippen molar-refractivity contribution >= 4 is 16.3 Å². The van der Waals surface area contributed by atoms with Crippen molar-refractivity contribution in [3.8, 4) is 0 Å². The van der Waals surface area contributed by atoms with Crippen molar-refractivity contribution in [2.75, 3.05) is 6.54 Å². The van der Waals surface area contributed by atoms with Crippen LogP contribution in [0.15, 0.2) is 42.6 Å². The summed E-state index contributed by atoms with van der Waals surface area (Å²) >= 11 is 0. The van der Waals surface area contributed by atoms with Gasteiger partial charge in [0.2, 0.25) is 0 Å². The molecule has 6 heteroatoms. The zero-order chi connectivity index (χ0) is 21.1. The van der Waals surface area contributed by atoms with Crippen molar-refractivity contribution in [2.45, 2.75) is 76.6 Å². The minimum absolute atomic E-state index is 0.244. The van der Waals surface area contributed by atoms with Gasteiger partial charge in [-0.3, -0.25) is 9.54 Å². The molecule has 5 nitrogen and oxygen atoms in total. The number of hydrogen-bond donors (Lipinski definition) is 3. The van der Waals surface area contributed by atoms with Crippen molar-refractivity contribution in [1.82, 2.24) is 15.0 Å². The van der Waals surface area contributed by atoms with Crippen molar-refractivity contribution in [2.24, 2.45) is 5.41 Å². The van der Waals surface area contributed by atoms with Crippen LogP contribution in [0.4, 0.5) is 0 Å². The van der Waals surface area contributed by atoms with Crippen LogP contribution < -0.4 is 10.0 Å². The molecule has 2 aliphatic carbocycles. The number of nitrogens with one attached hydrogen (secondary N) is 2. The van der Waals surface area contributed by atoms with E-state index in [2.05, 4.69) is 46.2 Å². The van der Waals surface area contributed by atoms with E-state index >= 15 is 0 Å². The molecule has 2 unspecified atom stereocenters. The lowest BCUT2D eigenvalue weighted by atomic mass is 9.74. The van der Waals surface area contributed by atoms with Crippen molar-refractivity contribution in [1.29, 1.82) is 0 Å². The Bertz CT molecular complexity index is 732. The zero-order valence-electron chi connectivity index (χ0n) is 18.2. The minimum Gasteiger partial charge on any atom is -0.314 e. The number of nitrogens with zero attached hydrogens (tertiary/aromatic N) is 1. The van der Waals surface area contributed by atoms with Crippen LogP contribution >= 0.6 is 10.8 Å². The summed E-state index contributed by atoms with van der Waals surface area (Å²) in [6.45, 7) is 9.16. The summed E-state index contributed by atoms with van der Waals surface area (Å²) in [5.74, 6) is 0. The maximum absolute atomic E-state index is 10.5. The molecule has 0 spiro atoms. The smallest absolute Gasteiger partial charge is 0.106 e. The van der Waals surface area contributed by atoms with E-state index in [1.165, 1.54) is 5.57 Å². The summed E-state index contributed by atoms with van der Waals surface area (Å²) < 4.78 is 21.7. The van der Waals surface area contributed by atoms with Crippen LogP contribution in [0.1, 0.15) is 65.5 Å². The third-order valence-corrected chi connectivity index (χ3v) is 8.73. The Labute approximate surface area is 177 Å². The summed E-state index contributed by atoms with van der Waals surface area (Å²) in [5, 5.41) is 3.76. The van der Waals surface area contributed by atoms with Gasteiger partial charge in [-0.1, -0.05) is 31.2 Å². The van der Waals surface area contributed by atoms with Gasteiger partial charge in [0.05, 0.1) is 5.69 Å². The van der Waals surface area contributed by atoms with Crippen molar-refractivity contribution in [3.63, 3.8) is 0 Å². The second-order valence-corrected chi connectivity index (χ2v) is 12.5. The van der Waals surface area contributed by atoms with Crippen LogP contribution in [0.25, 0.3) is 5.57 Å². The van der Waals surface area contributed by atoms with Crippen LogP contribution in [-0.4, -0.2) is 37.5 Å². The maximum atomic E-state index is 10.5. The van der Waals surface area contributed by atoms with Gasteiger partial charge in [0.1, 0.15) is 4.75 Å². The van der Waals surface area contributed by atoms with Gasteiger partial charge in [0.25, 0.3) is 0 Å². The van der Waals surface area contributed by atoms with E-state index in [0.29, 0.717) is 6.04 Å². The summed E-state index contributed by atoms with van der Waals surface area (Å²) in [7, 11) is -2.53. The predicted molar refractivity (Wildman–Crippen MR) is 125 cm³/mol. The number of pyridine rings is 1. The summed E-state index contributed by atoms with van der Waals surface area (Å²) in [4.78, 5) is 4.48. The first-order valence-electron chi connectivity index (χ1n) is 10.7. The molecule has 0 amide bonds. The van der Waals surface area contributed by atoms with Gasteiger partial charge in [0.15, 0.2) is 0 Å². The Morgan fingerprint density at radius 3 is 2.62 bits per heavy atom. The molecule has 5 N–H and O–H groups in total. The highest BCUT2D eigenvalue weighted by molar-refractivity contribution is 8.23. The SMILES string of the molecule is CC1(CNC2C=CC=C(c3ccccn3)C2)CCC(NS(O)([OH2+])C(C)(C)C)CC1. The van der Waals surface area contributed by atoms with Crippen LogP contribution in [0, 0.1) is 5.41 Å². The molecule has 3 rings (SSSR count). The average Bonchev–Trinajstić information content (AvgIpc) is 2.68. The maximum Gasteiger partial charge on any atom is 0.106 e. The molecule has 29 heavy (non-hydrogen) atoms. The molecule has 0 saturated heterocycles. The standard InChI is InChI=1S/C23H37N3O2S/c1-22(2,3)29(27,28)26-19-11-13-23(4,14-12-19)17-25-20-9-7-8-18(16-20)21-10-5-6-15-24-21/h5-10,15,19-20,25-28H,11-14,16-17H2,1-4H3/p+1. The molecule has 1 fully saturated rings. The third-order valence-electron chi connectivity index (χ3n) is 6.28. The molecular weight excluding hydrogens is 382 g/mol. The third kappa shape index (κ3) is 5.92. The minimum atomic E-state index is -2.53. The number of allylic oxidation sites excluding steroid dienone is 2. The first-order chi connectivity index (χ1) is 13.6. The van der Waals surface area contributed by atoms with Gasteiger partial charge in [-0.2, -0.15) is 4.72 Å². The van der Waals surface area contributed by atoms with Gasteiger partial charge in [-0.25, -0.2) is 0 Å². The molecule has 2 aliphatic rings. The summed E-state index contributed by atoms with van der Waals surface area (Å²) in [5.41, 5.74) is 2.60. The van der Waals surface area contributed by atoms with E-state index in [4.69, 9.17) is 4.55 Å². The van der Waals surface area contributed by atoms with Crippen LogP contribution in [0.3, 0.4) is 0 Å². The molecule has 1 aromatic heterocycles. The van der Waals surface area contributed by atoms with Gasteiger partial charge >= 0.3 is 0 Å². The second-order valence-electron chi connectivity index (χ2n) is 9.88. The highest BCUT2D eigenvalue weighted by atomic mass is 32.3. The normalized spacial score (nSPS) is 31.0. The molecule has 162 valence electrons. The first kappa shape index (κ1) is 22.5. The molecular formula is C23H38N3O2S+. The van der Waals surface area contributed by atoms with Crippen molar-refractivity contribution in [3.05, 3.63) is 48.3 Å². The van der Waals surface area contributed by atoms with Gasteiger partial charge in [-0.15, -0.1) is 0 Å². The average molecular weight is 421 g/mol. The summed E-state index contributed by atoms with van der Waals surface area (Å²) in [6.07, 6.45) is 13.6. The molecule has 1 aromatic rings. The largest absolute Gasteiger partial charge is 0.314 e. The highest BCUT2D eigenvalue weighted by Gasteiger charge is 2.38. The molecule has 0 bridgehead atoms. The van der Waals surface area contributed by atoms with Gasteiger partial charge < -0.3 is 9.87 Å². The fraction of sp³-hybridized carbons (Fsp3) is 0.609. The topological polar surface area (TPSA) is 80.1 Å². The highest BCUT2D eigenvalue weighted by Crippen LogP contribution is 2.50. The fourth-order valence-corrected chi connectivity index (χ4v) is 5.04. The summed E-state index contributed by atoms with van der Waals surface area (Å²) in [6, 6.07) is 6.65. The Kier molecular flexibility index (Phi) is 6.91. The van der Waals surface area contributed by atoms with Crippen LogP contribution in [-0.2, 0) is 0 Å². The molecule has 0 aliphatic heterocycles. The van der Waals surface area contributed by atoms with E-state index in [0.717, 1.165) is 44.3 Å². The number of aromatic nitrogens is 1. The first-order valence-corrected chi connectivity index (χ1v) is 12.3. The van der Waals surface area contributed by atoms with Gasteiger partial charge in [0, 0.05) is 24.8 Å². The molecule has 1 saturated carbocycles. The second kappa shape index (κ2) is 8.90. The molecule has 0 aromatic carbocycles. The Morgan fingerprint density at radius 2 is 2.00 bits per heavy atom. The van der Waals surface area contributed by atoms with E-state index in [1.54, 1.807) is 0 Å². The van der Waals surface area contributed by atoms with Crippen molar-refractivity contribution < 1.29 is 9.11 Å². The van der Waals surface area contributed by atoms with Crippen LogP contribution in [0.2, 0.25) is 0 Å². The predicted octanol–water partition coefficient (Wildman–Crippen LogP) is 4.55.